The van der Waals surface area contributed by atoms with Gasteiger partial charge in [0.1, 0.15) is 0 Å². The highest BCUT2D eigenvalue weighted by atomic mass is 32.2. The van der Waals surface area contributed by atoms with Crippen LogP contribution in [0.4, 0.5) is 0 Å². The molecule has 1 fully saturated rings. The van der Waals surface area contributed by atoms with Gasteiger partial charge in [0.15, 0.2) is 5.96 Å². The molecule has 0 spiro atoms. The van der Waals surface area contributed by atoms with Crippen LogP contribution in [0.1, 0.15) is 25.7 Å². The molecule has 0 aromatic heterocycles. The molecule has 19 heavy (non-hydrogen) atoms. The standard InChI is InChI=1S/C15H21N3S/c1-2-6-13(7-3-1)19-15(8-4-5-9-15)12-18-14-16-10-11-17-14/h1-3,6-7H,4-5,8-12H2,(H2,16,17,18). The van der Waals surface area contributed by atoms with Gasteiger partial charge >= 0.3 is 0 Å². The second-order valence-electron chi connectivity index (χ2n) is 5.32. The predicted molar refractivity (Wildman–Crippen MR) is 81.8 cm³/mol. The van der Waals surface area contributed by atoms with Gasteiger partial charge in [-0.05, 0) is 25.0 Å². The quantitative estimate of drug-likeness (QED) is 0.887. The Labute approximate surface area is 119 Å². The monoisotopic (exact) mass is 275 g/mol. The van der Waals surface area contributed by atoms with Crippen molar-refractivity contribution in [2.45, 2.75) is 35.3 Å². The maximum atomic E-state index is 4.42. The van der Waals surface area contributed by atoms with Crippen LogP contribution in [0, 0.1) is 0 Å². The maximum Gasteiger partial charge on any atom is 0.191 e. The Morgan fingerprint density at radius 3 is 2.68 bits per heavy atom. The molecule has 4 heteroatoms. The first-order chi connectivity index (χ1) is 9.36. The van der Waals surface area contributed by atoms with E-state index in [1.807, 2.05) is 11.8 Å². The third-order valence-corrected chi connectivity index (χ3v) is 5.34. The second-order valence-corrected chi connectivity index (χ2v) is 6.86. The molecule has 1 saturated carbocycles. The van der Waals surface area contributed by atoms with Gasteiger partial charge in [-0.15, -0.1) is 11.8 Å². The van der Waals surface area contributed by atoms with Gasteiger partial charge in [-0.3, -0.25) is 4.99 Å². The smallest absolute Gasteiger partial charge is 0.191 e. The largest absolute Gasteiger partial charge is 0.355 e. The SMILES string of the molecule is c1ccc(SC2(CNC3=NCCN3)CCCC2)cc1. The van der Waals surface area contributed by atoms with E-state index in [0.29, 0.717) is 4.75 Å². The van der Waals surface area contributed by atoms with Crippen molar-refractivity contribution >= 4 is 17.7 Å². The molecule has 0 amide bonds. The Balaban J connectivity index is 1.65. The molecule has 0 radical (unpaired) electrons. The number of guanidine groups is 1. The average Bonchev–Trinajstić information content (AvgIpc) is 3.09. The van der Waals surface area contributed by atoms with Gasteiger partial charge in [-0.1, -0.05) is 31.0 Å². The fraction of sp³-hybridized carbons (Fsp3) is 0.533. The lowest BCUT2D eigenvalue weighted by atomic mass is 10.1. The third-order valence-electron chi connectivity index (χ3n) is 3.84. The molecule has 1 aromatic rings. The molecule has 1 aromatic carbocycles. The first kappa shape index (κ1) is 12.9. The van der Waals surface area contributed by atoms with E-state index in [-0.39, 0.29) is 0 Å². The molecule has 102 valence electrons. The molecule has 0 saturated heterocycles. The van der Waals surface area contributed by atoms with Crippen molar-refractivity contribution in [1.29, 1.82) is 0 Å². The van der Waals surface area contributed by atoms with Gasteiger partial charge in [0.05, 0.1) is 6.54 Å². The van der Waals surface area contributed by atoms with Crippen molar-refractivity contribution in [3.8, 4) is 0 Å². The Bertz CT molecular complexity index is 438. The summed E-state index contributed by atoms with van der Waals surface area (Å²) in [4.78, 5) is 5.80. The predicted octanol–water partition coefficient (Wildman–Crippen LogP) is 2.64. The van der Waals surface area contributed by atoms with Gasteiger partial charge in [0.25, 0.3) is 0 Å². The third kappa shape index (κ3) is 3.24. The van der Waals surface area contributed by atoms with E-state index >= 15 is 0 Å². The lowest BCUT2D eigenvalue weighted by Gasteiger charge is -2.29. The van der Waals surface area contributed by atoms with Gasteiger partial charge in [0.2, 0.25) is 0 Å². The number of hydrogen-bond donors (Lipinski definition) is 2. The van der Waals surface area contributed by atoms with Crippen LogP contribution in [-0.4, -0.2) is 30.3 Å². The summed E-state index contributed by atoms with van der Waals surface area (Å²) in [5.41, 5.74) is 0. The minimum atomic E-state index is 0.341. The van der Waals surface area contributed by atoms with Crippen LogP contribution in [0.15, 0.2) is 40.2 Å². The average molecular weight is 275 g/mol. The molecule has 2 N–H and O–H groups in total. The Morgan fingerprint density at radius 1 is 1.21 bits per heavy atom. The van der Waals surface area contributed by atoms with E-state index in [0.717, 1.165) is 25.6 Å². The molecule has 0 atom stereocenters. The zero-order chi connectivity index (χ0) is 13.0. The fourth-order valence-electron chi connectivity index (χ4n) is 2.83. The van der Waals surface area contributed by atoms with Gasteiger partial charge in [-0.25, -0.2) is 0 Å². The van der Waals surface area contributed by atoms with Crippen molar-refractivity contribution in [3.05, 3.63) is 30.3 Å². The number of benzene rings is 1. The van der Waals surface area contributed by atoms with Crippen LogP contribution in [0.2, 0.25) is 0 Å². The van der Waals surface area contributed by atoms with Crippen LogP contribution in [0.3, 0.4) is 0 Å². The van der Waals surface area contributed by atoms with Crippen LogP contribution in [0.5, 0.6) is 0 Å². The van der Waals surface area contributed by atoms with Crippen molar-refractivity contribution in [2.24, 2.45) is 4.99 Å². The zero-order valence-electron chi connectivity index (χ0n) is 11.2. The molecule has 3 nitrogen and oxygen atoms in total. The van der Waals surface area contributed by atoms with E-state index in [9.17, 15) is 0 Å². The maximum absolute atomic E-state index is 4.42. The van der Waals surface area contributed by atoms with E-state index in [1.165, 1.54) is 30.6 Å². The molecule has 1 aliphatic heterocycles. The zero-order valence-corrected chi connectivity index (χ0v) is 12.0. The minimum Gasteiger partial charge on any atom is -0.355 e. The fourth-order valence-corrected chi connectivity index (χ4v) is 4.26. The van der Waals surface area contributed by atoms with E-state index in [4.69, 9.17) is 0 Å². The molecule has 3 rings (SSSR count). The Morgan fingerprint density at radius 2 is 2.00 bits per heavy atom. The molecule has 0 unspecified atom stereocenters. The van der Waals surface area contributed by atoms with Crippen LogP contribution in [-0.2, 0) is 0 Å². The normalized spacial score (nSPS) is 20.9. The van der Waals surface area contributed by atoms with Crippen molar-refractivity contribution < 1.29 is 0 Å². The molecular weight excluding hydrogens is 254 g/mol. The molecule has 0 bridgehead atoms. The van der Waals surface area contributed by atoms with E-state index in [1.54, 1.807) is 0 Å². The van der Waals surface area contributed by atoms with E-state index in [2.05, 4.69) is 46.0 Å². The number of hydrogen-bond acceptors (Lipinski definition) is 4. The number of nitrogens with zero attached hydrogens (tertiary/aromatic N) is 1. The highest BCUT2D eigenvalue weighted by Gasteiger charge is 2.35. The van der Waals surface area contributed by atoms with Gasteiger partial charge in [0, 0.05) is 22.7 Å². The first-order valence-corrected chi connectivity index (χ1v) is 7.94. The minimum absolute atomic E-state index is 0.341. The molecule has 2 aliphatic rings. The number of aliphatic imine (C=N–C) groups is 1. The van der Waals surface area contributed by atoms with Crippen LogP contribution < -0.4 is 10.6 Å². The topological polar surface area (TPSA) is 36.4 Å². The van der Waals surface area contributed by atoms with Crippen LogP contribution >= 0.6 is 11.8 Å². The summed E-state index contributed by atoms with van der Waals surface area (Å²) < 4.78 is 0.341. The lowest BCUT2D eigenvalue weighted by Crippen LogP contribution is -2.42. The summed E-state index contributed by atoms with van der Waals surface area (Å²) in [6, 6.07) is 10.8. The van der Waals surface area contributed by atoms with E-state index < -0.39 is 0 Å². The lowest BCUT2D eigenvalue weighted by molar-refractivity contribution is 0.586. The molecule has 1 aliphatic carbocycles. The Kier molecular flexibility index (Phi) is 3.97. The summed E-state index contributed by atoms with van der Waals surface area (Å²) in [6.45, 7) is 2.89. The number of thioether (sulfide) groups is 1. The summed E-state index contributed by atoms with van der Waals surface area (Å²) >= 11 is 2.04. The second kappa shape index (κ2) is 5.87. The molecular formula is C15H21N3S. The molecule has 1 heterocycles. The highest BCUT2D eigenvalue weighted by Crippen LogP contribution is 2.44. The van der Waals surface area contributed by atoms with Crippen LogP contribution in [0.25, 0.3) is 0 Å². The van der Waals surface area contributed by atoms with Crippen molar-refractivity contribution in [3.63, 3.8) is 0 Å². The van der Waals surface area contributed by atoms with Crippen molar-refractivity contribution in [2.75, 3.05) is 19.6 Å². The van der Waals surface area contributed by atoms with Gasteiger partial charge < -0.3 is 10.6 Å². The number of nitrogens with one attached hydrogen (secondary N) is 2. The first-order valence-electron chi connectivity index (χ1n) is 7.13. The highest BCUT2D eigenvalue weighted by molar-refractivity contribution is 8.00. The Hall–Kier alpha value is -1.16. The summed E-state index contributed by atoms with van der Waals surface area (Å²) in [5.74, 6) is 0.986. The summed E-state index contributed by atoms with van der Waals surface area (Å²) in [6.07, 6.45) is 5.29. The number of rotatable bonds is 4. The summed E-state index contributed by atoms with van der Waals surface area (Å²) in [7, 11) is 0. The van der Waals surface area contributed by atoms with Crippen molar-refractivity contribution in [1.82, 2.24) is 10.6 Å². The summed E-state index contributed by atoms with van der Waals surface area (Å²) in [5, 5.41) is 6.79. The van der Waals surface area contributed by atoms with Gasteiger partial charge in [-0.2, -0.15) is 0 Å².